The van der Waals surface area contributed by atoms with Crippen LogP contribution in [0, 0.1) is 0 Å². The van der Waals surface area contributed by atoms with Crippen LogP contribution in [0.2, 0.25) is 0 Å². The zero-order chi connectivity index (χ0) is 40.9. The van der Waals surface area contributed by atoms with Gasteiger partial charge in [0.25, 0.3) is 7.82 Å². The highest BCUT2D eigenvalue weighted by Gasteiger charge is 2.21. The molecule has 0 fully saturated rings. The molecule has 0 amide bonds. The number of ether oxygens (including phenoxy) is 2. The van der Waals surface area contributed by atoms with Gasteiger partial charge in [0, 0.05) is 19.3 Å². The van der Waals surface area contributed by atoms with E-state index in [1.165, 1.54) is 44.9 Å². The summed E-state index contributed by atoms with van der Waals surface area (Å²) >= 11 is 0. The van der Waals surface area contributed by atoms with Crippen molar-refractivity contribution in [2.75, 3.05) is 47.5 Å². The lowest BCUT2D eigenvalue weighted by Crippen LogP contribution is -2.37. The molecule has 0 aromatic heterocycles. The van der Waals surface area contributed by atoms with E-state index in [1.54, 1.807) is 6.08 Å². The van der Waals surface area contributed by atoms with Gasteiger partial charge in [-0.15, -0.1) is 0 Å². The second kappa shape index (κ2) is 36.0. The van der Waals surface area contributed by atoms with Crippen molar-refractivity contribution in [3.05, 3.63) is 48.6 Å². The van der Waals surface area contributed by atoms with Crippen LogP contribution in [0.25, 0.3) is 0 Å². The van der Waals surface area contributed by atoms with E-state index in [4.69, 9.17) is 18.5 Å². The Morgan fingerprint density at radius 3 is 1.75 bits per heavy atom. The van der Waals surface area contributed by atoms with E-state index >= 15 is 0 Å². The lowest BCUT2D eigenvalue weighted by atomic mass is 10.1. The van der Waals surface area contributed by atoms with Crippen LogP contribution in [0.3, 0.4) is 0 Å². The molecule has 0 spiro atoms. The first-order valence-corrected chi connectivity index (χ1v) is 22.8. The monoisotopic (exact) mass is 796 g/mol. The van der Waals surface area contributed by atoms with E-state index in [0.717, 1.165) is 70.6 Å². The molecule has 0 saturated heterocycles. The van der Waals surface area contributed by atoms with Crippen LogP contribution in [0.4, 0.5) is 0 Å². The molecule has 0 radical (unpaired) electrons. The molecule has 0 aromatic rings. The number of rotatable bonds is 38. The van der Waals surface area contributed by atoms with Crippen LogP contribution in [0.1, 0.15) is 162 Å². The Kier molecular flexibility index (Phi) is 34.5. The summed E-state index contributed by atoms with van der Waals surface area (Å²) in [5, 5.41) is 0. The van der Waals surface area contributed by atoms with E-state index in [0.29, 0.717) is 30.3 Å². The fraction of sp³-hybridized carbons (Fsp3) is 0.750. The molecule has 10 nitrogen and oxygen atoms in total. The Bertz CT molecular complexity index is 1140. The summed E-state index contributed by atoms with van der Waals surface area (Å²) in [5.74, 6) is -0.833. The van der Waals surface area contributed by atoms with Gasteiger partial charge < -0.3 is 27.9 Å². The van der Waals surface area contributed by atoms with Gasteiger partial charge in [-0.2, -0.15) is 0 Å². The molecule has 0 aliphatic rings. The molecule has 0 N–H and O–H groups in total. The number of nitrogens with zero attached hydrogens (tertiary/aromatic N) is 1. The lowest BCUT2D eigenvalue weighted by Gasteiger charge is -2.28. The van der Waals surface area contributed by atoms with Crippen molar-refractivity contribution in [2.24, 2.45) is 0 Å². The number of phosphoric acid groups is 1. The predicted molar refractivity (Wildman–Crippen MR) is 222 cm³/mol. The molecule has 0 bridgehead atoms. The number of quaternary nitrogens is 1. The molecular weight excluding hydrogens is 717 g/mol. The van der Waals surface area contributed by atoms with Crippen molar-refractivity contribution in [3.63, 3.8) is 0 Å². The van der Waals surface area contributed by atoms with E-state index < -0.39 is 32.5 Å². The van der Waals surface area contributed by atoms with E-state index in [-0.39, 0.29) is 31.8 Å². The molecule has 55 heavy (non-hydrogen) atoms. The topological polar surface area (TPSA) is 128 Å². The molecular formula is C44H78NO9P. The molecule has 0 aliphatic carbocycles. The molecule has 0 saturated carbocycles. The van der Waals surface area contributed by atoms with Crippen molar-refractivity contribution < 1.29 is 46.8 Å². The Morgan fingerprint density at radius 2 is 1.15 bits per heavy atom. The average Bonchev–Trinajstić information content (AvgIpc) is 3.12. The number of likely N-dealkylation sites (N-methyl/N-ethyl adjacent to an activating group) is 1. The van der Waals surface area contributed by atoms with Crippen LogP contribution in [0.5, 0.6) is 0 Å². The summed E-state index contributed by atoms with van der Waals surface area (Å²) in [6.45, 7) is 3.97. The van der Waals surface area contributed by atoms with Crippen molar-refractivity contribution >= 4 is 25.5 Å². The first-order chi connectivity index (χ1) is 26.4. The van der Waals surface area contributed by atoms with Crippen LogP contribution in [0.15, 0.2) is 48.6 Å². The van der Waals surface area contributed by atoms with Crippen molar-refractivity contribution in [2.45, 2.75) is 168 Å². The second-order valence-corrected chi connectivity index (χ2v) is 16.8. The highest BCUT2D eigenvalue weighted by atomic mass is 31.2. The molecule has 2 atom stereocenters. The third-order valence-corrected chi connectivity index (χ3v) is 9.76. The van der Waals surface area contributed by atoms with Crippen LogP contribution < -0.4 is 4.89 Å². The van der Waals surface area contributed by atoms with Crippen molar-refractivity contribution in [1.82, 2.24) is 0 Å². The van der Waals surface area contributed by atoms with Gasteiger partial charge in [-0.3, -0.25) is 18.9 Å². The first-order valence-electron chi connectivity index (χ1n) is 21.3. The third kappa shape index (κ3) is 39.7. The molecule has 0 aromatic carbocycles. The number of hydrogen-bond donors (Lipinski definition) is 0. The minimum Gasteiger partial charge on any atom is -0.756 e. The average molecular weight is 796 g/mol. The second-order valence-electron chi connectivity index (χ2n) is 15.4. The van der Waals surface area contributed by atoms with Gasteiger partial charge in [-0.05, 0) is 70.3 Å². The largest absolute Gasteiger partial charge is 0.756 e. The highest BCUT2D eigenvalue weighted by Crippen LogP contribution is 2.38. The van der Waals surface area contributed by atoms with Crippen molar-refractivity contribution in [3.8, 4) is 0 Å². The maximum absolute atomic E-state index is 12.6. The van der Waals surface area contributed by atoms with Gasteiger partial charge in [-0.25, -0.2) is 0 Å². The molecule has 318 valence electrons. The number of ketones is 1. The minimum absolute atomic E-state index is 0.0569. The number of hydrogen-bond acceptors (Lipinski definition) is 9. The normalized spacial score (nSPS) is 14.0. The van der Waals surface area contributed by atoms with Gasteiger partial charge in [0.2, 0.25) is 0 Å². The quantitative estimate of drug-likeness (QED) is 0.0114. The van der Waals surface area contributed by atoms with Gasteiger partial charge in [0.05, 0.1) is 27.7 Å². The molecule has 1 unspecified atom stereocenters. The summed E-state index contributed by atoms with van der Waals surface area (Å²) in [5.41, 5.74) is 0. The van der Waals surface area contributed by atoms with Crippen LogP contribution in [-0.4, -0.2) is 75.8 Å². The van der Waals surface area contributed by atoms with Gasteiger partial charge >= 0.3 is 11.9 Å². The van der Waals surface area contributed by atoms with Gasteiger partial charge in [-0.1, -0.05) is 121 Å². The summed E-state index contributed by atoms with van der Waals surface area (Å²) in [7, 11) is 1.07. The Labute approximate surface area is 335 Å². The minimum atomic E-state index is -4.66. The standard InChI is InChI=1S/C44H78NO9P/c1-6-8-10-12-14-15-16-17-18-19-20-21-23-27-31-35-43(47)51-39-42(40-53-55(49,50)52-38-37-45(3,4)5)54-44(48)36-32-28-24-26-30-34-41(46)33-29-25-22-13-11-9-7-2/h14-15,17-18,22,25,29,33,42H,6-13,16,19-21,23-24,26-28,30-32,34-40H2,1-5H3/b15-14-,18-17-,25-22-,33-29+/t42-/m1/s1. The third-order valence-electron chi connectivity index (χ3n) is 8.80. The summed E-state index contributed by atoms with van der Waals surface area (Å²) < 4.78 is 33.7. The number of esters is 2. The van der Waals surface area contributed by atoms with E-state index in [2.05, 4.69) is 44.2 Å². The maximum Gasteiger partial charge on any atom is 0.306 e. The van der Waals surface area contributed by atoms with E-state index in [9.17, 15) is 23.8 Å². The summed E-state index contributed by atoms with van der Waals surface area (Å²) in [4.78, 5) is 49.5. The smallest absolute Gasteiger partial charge is 0.306 e. The molecule has 0 heterocycles. The number of carbonyl (C=O) groups excluding carboxylic acids is 3. The van der Waals surface area contributed by atoms with Crippen molar-refractivity contribution in [1.29, 1.82) is 0 Å². The lowest BCUT2D eigenvalue weighted by molar-refractivity contribution is -0.870. The maximum atomic E-state index is 12.6. The Morgan fingerprint density at radius 1 is 0.618 bits per heavy atom. The van der Waals surface area contributed by atoms with Crippen LogP contribution >= 0.6 is 7.82 Å². The number of allylic oxidation sites excluding steroid dienone is 8. The first kappa shape index (κ1) is 52.6. The van der Waals surface area contributed by atoms with Crippen LogP contribution in [-0.2, 0) is 37.5 Å². The Balaban J connectivity index is 4.50. The number of unbranched alkanes of at least 4 members (excludes halogenated alkanes) is 15. The molecule has 0 aliphatic heterocycles. The van der Waals surface area contributed by atoms with Gasteiger partial charge in [0.1, 0.15) is 19.8 Å². The summed E-state index contributed by atoms with van der Waals surface area (Å²) in [6.07, 6.45) is 36.7. The van der Waals surface area contributed by atoms with Gasteiger partial charge in [0.15, 0.2) is 11.9 Å². The number of carbonyl (C=O) groups is 3. The number of phosphoric ester groups is 1. The Hall–Kier alpha value is -2.36. The fourth-order valence-corrected chi connectivity index (χ4v) is 6.10. The molecule has 11 heteroatoms. The highest BCUT2D eigenvalue weighted by molar-refractivity contribution is 7.45. The zero-order valence-corrected chi connectivity index (χ0v) is 36.3. The summed E-state index contributed by atoms with van der Waals surface area (Å²) in [6, 6.07) is 0. The molecule has 0 rings (SSSR count). The SMILES string of the molecule is CCCCC/C=C\C=C\C(=O)CCCCCCCC(=O)O[C@H](COC(=O)CCCCCCC/C=C\C/C=C\CCCCC)COP(=O)([O-])OCC[N+](C)(C)C. The fourth-order valence-electron chi connectivity index (χ4n) is 5.37. The predicted octanol–water partition coefficient (Wildman–Crippen LogP) is 10.5. The van der Waals surface area contributed by atoms with E-state index in [1.807, 2.05) is 33.3 Å². The zero-order valence-electron chi connectivity index (χ0n) is 35.4.